The highest BCUT2D eigenvalue weighted by Gasteiger charge is 2.15. The number of nitriles is 1. The molecule has 0 amide bonds. The third-order valence-electron chi connectivity index (χ3n) is 4.93. The van der Waals surface area contributed by atoms with Gasteiger partial charge in [-0.1, -0.05) is 6.92 Å². The predicted octanol–water partition coefficient (Wildman–Crippen LogP) is 5.82. The van der Waals surface area contributed by atoms with Crippen LogP contribution in [0.3, 0.4) is 0 Å². The summed E-state index contributed by atoms with van der Waals surface area (Å²) in [6, 6.07) is 13.5. The number of aromatic nitrogens is 2. The van der Waals surface area contributed by atoms with E-state index >= 15 is 0 Å². The molecular formula is C26H29N3O4S. The number of hydrogen-bond acceptors (Lipinski definition) is 8. The molecule has 1 aromatic heterocycles. The lowest BCUT2D eigenvalue weighted by molar-refractivity contribution is -0.143. The molecule has 0 aliphatic heterocycles. The van der Waals surface area contributed by atoms with E-state index in [0.29, 0.717) is 43.2 Å². The zero-order chi connectivity index (χ0) is 24.5. The van der Waals surface area contributed by atoms with Crippen LogP contribution in [-0.4, -0.2) is 34.6 Å². The molecule has 0 saturated carbocycles. The first kappa shape index (κ1) is 25.2. The first-order valence-corrected chi connectivity index (χ1v) is 12.2. The topological polar surface area (TPSA) is 94.3 Å². The minimum absolute atomic E-state index is 0.0149. The molecule has 8 heteroatoms. The molecule has 0 aliphatic rings. The van der Waals surface area contributed by atoms with E-state index in [0.717, 1.165) is 33.9 Å². The lowest BCUT2D eigenvalue weighted by atomic mass is 10.1. The SMILES string of the molecule is CCOC(=O)CCCOc1ccc(-c2nc(-c3ccc(OC(C)C)c(C#N)c3)ns2)c(CC)c1. The highest BCUT2D eigenvalue weighted by Crippen LogP contribution is 2.32. The number of carbonyl (C=O) groups excluding carboxylic acids is 1. The minimum atomic E-state index is -0.202. The fourth-order valence-corrected chi connectivity index (χ4v) is 4.11. The maximum absolute atomic E-state index is 11.4. The summed E-state index contributed by atoms with van der Waals surface area (Å²) in [5.41, 5.74) is 3.34. The number of benzene rings is 2. The zero-order valence-electron chi connectivity index (χ0n) is 20.0. The molecule has 2 aromatic carbocycles. The minimum Gasteiger partial charge on any atom is -0.494 e. The van der Waals surface area contributed by atoms with E-state index in [1.165, 1.54) is 11.5 Å². The van der Waals surface area contributed by atoms with Crippen molar-refractivity contribution < 1.29 is 19.0 Å². The molecule has 0 fully saturated rings. The smallest absolute Gasteiger partial charge is 0.305 e. The van der Waals surface area contributed by atoms with E-state index in [1.807, 2.05) is 38.1 Å². The third kappa shape index (κ3) is 6.55. The molecular weight excluding hydrogens is 450 g/mol. The molecule has 0 N–H and O–H groups in total. The van der Waals surface area contributed by atoms with E-state index in [9.17, 15) is 10.1 Å². The van der Waals surface area contributed by atoms with Crippen LogP contribution in [-0.2, 0) is 16.0 Å². The standard InChI is InChI=1S/C26H29N3O4S/c1-5-18-15-21(32-13-7-8-24(30)31-6-2)10-11-22(18)26-28-25(29-34-26)19-9-12-23(33-17(3)4)20(14-19)16-27/h9-12,14-15,17H,5-8,13H2,1-4H3. The lowest BCUT2D eigenvalue weighted by Gasteiger charge is -2.11. The highest BCUT2D eigenvalue weighted by atomic mass is 32.1. The Kier molecular flexibility index (Phi) is 9.00. The van der Waals surface area contributed by atoms with Crippen molar-refractivity contribution in [3.05, 3.63) is 47.5 Å². The van der Waals surface area contributed by atoms with E-state index in [2.05, 4.69) is 17.4 Å². The molecule has 0 aliphatic carbocycles. The number of hydrogen-bond donors (Lipinski definition) is 0. The molecule has 34 heavy (non-hydrogen) atoms. The van der Waals surface area contributed by atoms with Gasteiger partial charge in [-0.2, -0.15) is 9.64 Å². The van der Waals surface area contributed by atoms with Gasteiger partial charge in [0, 0.05) is 17.5 Å². The Labute approximate surface area is 204 Å². The highest BCUT2D eigenvalue weighted by molar-refractivity contribution is 7.09. The number of carbonyl (C=O) groups is 1. The molecule has 0 saturated heterocycles. The van der Waals surface area contributed by atoms with E-state index in [-0.39, 0.29) is 12.1 Å². The van der Waals surface area contributed by atoms with Gasteiger partial charge in [-0.25, -0.2) is 4.98 Å². The summed E-state index contributed by atoms with van der Waals surface area (Å²) in [6.45, 7) is 8.57. The predicted molar refractivity (Wildman–Crippen MR) is 132 cm³/mol. The Morgan fingerprint density at radius 1 is 1.18 bits per heavy atom. The average Bonchev–Trinajstić information content (AvgIpc) is 3.32. The van der Waals surface area contributed by atoms with Crippen molar-refractivity contribution in [2.24, 2.45) is 0 Å². The Balaban J connectivity index is 1.73. The van der Waals surface area contributed by atoms with Crippen molar-refractivity contribution in [3.63, 3.8) is 0 Å². The first-order valence-electron chi connectivity index (χ1n) is 11.4. The fourth-order valence-electron chi connectivity index (χ4n) is 3.36. The number of aryl methyl sites for hydroxylation is 1. The van der Waals surface area contributed by atoms with Gasteiger partial charge in [0.05, 0.1) is 24.9 Å². The van der Waals surface area contributed by atoms with Gasteiger partial charge in [-0.05, 0) is 87.1 Å². The van der Waals surface area contributed by atoms with Crippen molar-refractivity contribution in [3.8, 4) is 39.5 Å². The monoisotopic (exact) mass is 479 g/mol. The van der Waals surface area contributed by atoms with E-state index in [4.69, 9.17) is 19.2 Å². The van der Waals surface area contributed by atoms with E-state index in [1.54, 1.807) is 19.1 Å². The largest absolute Gasteiger partial charge is 0.494 e. The summed E-state index contributed by atoms with van der Waals surface area (Å²) in [5.74, 6) is 1.69. The van der Waals surface area contributed by atoms with Crippen LogP contribution < -0.4 is 9.47 Å². The molecule has 0 atom stereocenters. The molecule has 1 heterocycles. The number of ether oxygens (including phenoxy) is 3. The van der Waals surface area contributed by atoms with Crippen molar-refractivity contribution in [2.75, 3.05) is 13.2 Å². The van der Waals surface area contributed by atoms with Crippen molar-refractivity contribution in [1.29, 1.82) is 5.26 Å². The van der Waals surface area contributed by atoms with Gasteiger partial charge < -0.3 is 14.2 Å². The van der Waals surface area contributed by atoms with Gasteiger partial charge in [-0.15, -0.1) is 0 Å². The van der Waals surface area contributed by atoms with Gasteiger partial charge in [0.15, 0.2) is 5.82 Å². The summed E-state index contributed by atoms with van der Waals surface area (Å²) in [4.78, 5) is 16.2. The van der Waals surface area contributed by atoms with Gasteiger partial charge in [0.2, 0.25) is 0 Å². The Bertz CT molecular complexity index is 1170. The zero-order valence-corrected chi connectivity index (χ0v) is 20.8. The maximum atomic E-state index is 11.4. The van der Waals surface area contributed by atoms with Crippen LogP contribution in [0.25, 0.3) is 22.0 Å². The Hall–Kier alpha value is -3.44. The molecule has 178 valence electrons. The van der Waals surface area contributed by atoms with Crippen LogP contribution in [0.15, 0.2) is 36.4 Å². The van der Waals surface area contributed by atoms with Gasteiger partial charge in [-0.3, -0.25) is 4.79 Å². The quantitative estimate of drug-likeness (QED) is 0.253. The van der Waals surface area contributed by atoms with Crippen LogP contribution in [0.5, 0.6) is 11.5 Å². The summed E-state index contributed by atoms with van der Waals surface area (Å²) >= 11 is 1.32. The van der Waals surface area contributed by atoms with Crippen LogP contribution in [0.2, 0.25) is 0 Å². The maximum Gasteiger partial charge on any atom is 0.305 e. The molecule has 3 rings (SSSR count). The van der Waals surface area contributed by atoms with Crippen molar-refractivity contribution in [2.45, 2.75) is 53.1 Å². The Morgan fingerprint density at radius 3 is 2.71 bits per heavy atom. The molecule has 0 radical (unpaired) electrons. The average molecular weight is 480 g/mol. The summed E-state index contributed by atoms with van der Waals surface area (Å²) < 4.78 is 21.0. The van der Waals surface area contributed by atoms with Crippen molar-refractivity contribution in [1.82, 2.24) is 9.36 Å². The Morgan fingerprint density at radius 2 is 2.00 bits per heavy atom. The molecule has 7 nitrogen and oxygen atoms in total. The molecule has 0 unspecified atom stereocenters. The summed E-state index contributed by atoms with van der Waals surface area (Å²) in [7, 11) is 0. The molecule has 0 spiro atoms. The van der Waals surface area contributed by atoms with E-state index < -0.39 is 0 Å². The van der Waals surface area contributed by atoms with Crippen molar-refractivity contribution >= 4 is 17.5 Å². The molecule has 0 bridgehead atoms. The summed E-state index contributed by atoms with van der Waals surface area (Å²) in [6.07, 6.45) is 1.74. The summed E-state index contributed by atoms with van der Waals surface area (Å²) in [5, 5.41) is 10.3. The van der Waals surface area contributed by atoms with Gasteiger partial charge in [0.1, 0.15) is 22.6 Å². The number of rotatable bonds is 11. The van der Waals surface area contributed by atoms with Crippen LogP contribution in [0.1, 0.15) is 51.7 Å². The van der Waals surface area contributed by atoms with Crippen LogP contribution >= 0.6 is 11.5 Å². The first-order chi connectivity index (χ1) is 16.4. The fraction of sp³-hybridized carbons (Fsp3) is 0.385. The van der Waals surface area contributed by atoms with Crippen LogP contribution in [0, 0.1) is 11.3 Å². The second-order valence-electron chi connectivity index (χ2n) is 7.84. The number of esters is 1. The second kappa shape index (κ2) is 12.1. The second-order valence-corrected chi connectivity index (χ2v) is 8.59. The third-order valence-corrected chi connectivity index (χ3v) is 5.68. The normalized spacial score (nSPS) is 10.7. The molecule has 3 aromatic rings. The van der Waals surface area contributed by atoms with Gasteiger partial charge in [0.25, 0.3) is 0 Å². The van der Waals surface area contributed by atoms with Gasteiger partial charge >= 0.3 is 5.97 Å². The lowest BCUT2D eigenvalue weighted by Crippen LogP contribution is -2.06. The number of nitrogens with zero attached hydrogens (tertiary/aromatic N) is 3. The van der Waals surface area contributed by atoms with Crippen LogP contribution in [0.4, 0.5) is 0 Å².